The van der Waals surface area contributed by atoms with Crippen LogP contribution >= 0.6 is 0 Å². The Morgan fingerprint density at radius 3 is 2.52 bits per heavy atom. The first-order chi connectivity index (χ1) is 13.8. The van der Waals surface area contributed by atoms with Gasteiger partial charge in [-0.15, -0.1) is 0 Å². The third kappa shape index (κ3) is 3.18. The average Bonchev–Trinajstić information content (AvgIpc) is 3.00. The molecular formula is C20H22N4O4S. The number of likely N-dealkylation sites (tertiary alicyclic amines) is 1. The maximum Gasteiger partial charge on any atom is 0.257 e. The van der Waals surface area contributed by atoms with Gasteiger partial charge in [-0.2, -0.15) is 0 Å². The number of ether oxygens (including phenoxy) is 1. The number of anilines is 1. The third-order valence-electron chi connectivity index (χ3n) is 6.13. The van der Waals surface area contributed by atoms with Gasteiger partial charge in [-0.25, -0.2) is 18.4 Å². The van der Waals surface area contributed by atoms with Crippen LogP contribution in [0.25, 0.3) is 0 Å². The van der Waals surface area contributed by atoms with Crippen molar-refractivity contribution in [2.24, 2.45) is 0 Å². The van der Waals surface area contributed by atoms with Gasteiger partial charge >= 0.3 is 0 Å². The van der Waals surface area contributed by atoms with Crippen molar-refractivity contribution in [3.8, 4) is 0 Å². The predicted molar refractivity (Wildman–Crippen MR) is 106 cm³/mol. The fourth-order valence-electron chi connectivity index (χ4n) is 4.27. The average molecular weight is 414 g/mol. The van der Waals surface area contributed by atoms with Crippen molar-refractivity contribution in [1.82, 2.24) is 14.9 Å². The molecule has 0 saturated carbocycles. The Bertz CT molecular complexity index is 1070. The van der Waals surface area contributed by atoms with Crippen molar-refractivity contribution in [3.05, 3.63) is 47.3 Å². The molecule has 1 aliphatic carbocycles. The number of nitrogens with one attached hydrogen (secondary N) is 1. The summed E-state index contributed by atoms with van der Waals surface area (Å²) in [4.78, 5) is 23.5. The lowest BCUT2D eigenvalue weighted by molar-refractivity contribution is -0.172. The topological polar surface area (TPSA) is 101 Å². The van der Waals surface area contributed by atoms with E-state index in [2.05, 4.69) is 15.3 Å². The van der Waals surface area contributed by atoms with Gasteiger partial charge in [0.05, 0.1) is 29.2 Å². The van der Waals surface area contributed by atoms with E-state index in [1.807, 2.05) is 11.0 Å². The van der Waals surface area contributed by atoms with Crippen molar-refractivity contribution in [2.75, 3.05) is 31.3 Å². The van der Waals surface area contributed by atoms with Crippen LogP contribution in [0.15, 0.2) is 35.5 Å². The highest BCUT2D eigenvalue weighted by atomic mass is 32.2. The maximum atomic E-state index is 12.7. The van der Waals surface area contributed by atoms with Crippen LogP contribution in [0.3, 0.4) is 0 Å². The number of rotatable bonds is 4. The van der Waals surface area contributed by atoms with Crippen LogP contribution in [0.1, 0.15) is 27.9 Å². The molecule has 0 radical (unpaired) electrons. The second-order valence-corrected chi connectivity index (χ2v) is 10.2. The quantitative estimate of drug-likeness (QED) is 0.799. The summed E-state index contributed by atoms with van der Waals surface area (Å²) in [5.41, 5.74) is 2.54. The van der Waals surface area contributed by atoms with Crippen molar-refractivity contribution in [2.45, 2.75) is 35.7 Å². The van der Waals surface area contributed by atoms with Crippen LogP contribution < -0.4 is 5.32 Å². The van der Waals surface area contributed by atoms with Gasteiger partial charge in [-0.1, -0.05) is 6.07 Å². The normalized spacial score (nSPS) is 22.0. The van der Waals surface area contributed by atoms with E-state index in [1.54, 1.807) is 24.5 Å². The second-order valence-electron chi connectivity index (χ2n) is 8.17. The lowest BCUT2D eigenvalue weighted by atomic mass is 9.82. The standard InChI is InChI=1S/C20H22N4O4S/c1-29(26,27)17-3-2-13-6-16(7-14(13)8-17)23-19-21-9-15(10-22-19)18(25)24-5-4-20(24)11-28-12-20/h2-3,8-10,16H,4-7,11-12H2,1H3,(H,21,22,23). The van der Waals surface area contributed by atoms with Crippen LogP contribution in [0, 0.1) is 0 Å². The molecule has 29 heavy (non-hydrogen) atoms. The van der Waals surface area contributed by atoms with Gasteiger partial charge in [-0.05, 0) is 42.5 Å². The Hall–Kier alpha value is -2.52. The molecule has 1 N–H and O–H groups in total. The van der Waals surface area contributed by atoms with Gasteiger partial charge in [-0.3, -0.25) is 4.79 Å². The molecule has 1 atom stereocenters. The highest BCUT2D eigenvalue weighted by Crippen LogP contribution is 2.38. The summed E-state index contributed by atoms with van der Waals surface area (Å²) in [6.45, 7) is 1.98. The minimum atomic E-state index is -3.21. The van der Waals surface area contributed by atoms with Gasteiger partial charge in [0, 0.05) is 31.2 Å². The Balaban J connectivity index is 1.24. The van der Waals surface area contributed by atoms with E-state index in [4.69, 9.17) is 4.74 Å². The highest BCUT2D eigenvalue weighted by Gasteiger charge is 2.53. The number of hydrogen-bond donors (Lipinski definition) is 1. The molecule has 2 aromatic rings. The zero-order chi connectivity index (χ0) is 20.2. The van der Waals surface area contributed by atoms with E-state index >= 15 is 0 Å². The molecule has 2 aliphatic heterocycles. The number of benzene rings is 1. The van der Waals surface area contributed by atoms with Gasteiger partial charge in [0.25, 0.3) is 5.91 Å². The number of sulfone groups is 1. The molecule has 9 heteroatoms. The number of hydrogen-bond acceptors (Lipinski definition) is 7. The molecule has 3 heterocycles. The fourth-order valence-corrected chi connectivity index (χ4v) is 4.94. The molecule has 0 bridgehead atoms. The third-order valence-corrected chi connectivity index (χ3v) is 7.24. The minimum absolute atomic E-state index is 0.0484. The van der Waals surface area contributed by atoms with Gasteiger partial charge < -0.3 is 15.0 Å². The van der Waals surface area contributed by atoms with Gasteiger partial charge in [0.15, 0.2) is 9.84 Å². The van der Waals surface area contributed by atoms with E-state index in [9.17, 15) is 13.2 Å². The molecule has 152 valence electrons. The Morgan fingerprint density at radius 2 is 1.93 bits per heavy atom. The summed E-state index contributed by atoms with van der Waals surface area (Å²) in [6.07, 6.45) is 6.82. The SMILES string of the molecule is CS(=O)(=O)c1ccc2c(c1)CC(Nc1ncc(C(=O)N3CCC34COC4)cn1)C2. The highest BCUT2D eigenvalue weighted by molar-refractivity contribution is 7.90. The summed E-state index contributed by atoms with van der Waals surface area (Å²) >= 11 is 0. The van der Waals surface area contributed by atoms with Crippen LogP contribution in [-0.2, 0) is 27.4 Å². The molecule has 1 amide bonds. The molecule has 5 rings (SSSR count). The number of amides is 1. The summed E-state index contributed by atoms with van der Waals surface area (Å²) in [6, 6.07) is 5.38. The largest absolute Gasteiger partial charge is 0.376 e. The number of carbonyl (C=O) groups excluding carboxylic acids is 1. The van der Waals surface area contributed by atoms with E-state index in [1.165, 1.54) is 6.26 Å². The van der Waals surface area contributed by atoms with Crippen molar-refractivity contribution in [1.29, 1.82) is 0 Å². The predicted octanol–water partition coefficient (Wildman–Crippen LogP) is 1.07. The summed E-state index contributed by atoms with van der Waals surface area (Å²) in [5, 5.41) is 3.29. The Kier molecular flexibility index (Phi) is 4.15. The smallest absolute Gasteiger partial charge is 0.257 e. The Labute approximate surface area is 169 Å². The lowest BCUT2D eigenvalue weighted by Crippen LogP contribution is -2.72. The monoisotopic (exact) mass is 414 g/mol. The molecule has 1 unspecified atom stereocenters. The van der Waals surface area contributed by atoms with Crippen LogP contribution in [0.2, 0.25) is 0 Å². The van der Waals surface area contributed by atoms with Crippen molar-refractivity contribution < 1.29 is 17.9 Å². The summed E-state index contributed by atoms with van der Waals surface area (Å²) < 4.78 is 28.8. The molecule has 2 saturated heterocycles. The van der Waals surface area contributed by atoms with E-state index in [0.717, 1.165) is 30.5 Å². The second kappa shape index (κ2) is 6.50. The minimum Gasteiger partial charge on any atom is -0.376 e. The number of nitrogens with zero attached hydrogens (tertiary/aromatic N) is 3. The van der Waals surface area contributed by atoms with Crippen LogP contribution in [0.5, 0.6) is 0 Å². The lowest BCUT2D eigenvalue weighted by Gasteiger charge is -2.57. The number of aromatic nitrogens is 2. The van der Waals surface area contributed by atoms with E-state index in [0.29, 0.717) is 36.0 Å². The molecule has 1 aromatic heterocycles. The first-order valence-corrected chi connectivity index (χ1v) is 11.5. The zero-order valence-electron chi connectivity index (χ0n) is 16.1. The summed E-state index contributed by atoms with van der Waals surface area (Å²) in [5.74, 6) is 0.417. The number of carbonyl (C=O) groups is 1. The summed E-state index contributed by atoms with van der Waals surface area (Å²) in [7, 11) is -3.21. The number of fused-ring (bicyclic) bond motifs is 1. The van der Waals surface area contributed by atoms with Crippen molar-refractivity contribution >= 4 is 21.7 Å². The first-order valence-electron chi connectivity index (χ1n) is 9.64. The molecule has 1 spiro atoms. The van der Waals surface area contributed by atoms with Gasteiger partial charge in [0.1, 0.15) is 0 Å². The van der Waals surface area contributed by atoms with Gasteiger partial charge in [0.2, 0.25) is 5.95 Å². The molecular weight excluding hydrogens is 392 g/mol. The van der Waals surface area contributed by atoms with Crippen molar-refractivity contribution in [3.63, 3.8) is 0 Å². The molecule has 1 aromatic carbocycles. The zero-order valence-corrected chi connectivity index (χ0v) is 16.9. The molecule has 8 nitrogen and oxygen atoms in total. The maximum absolute atomic E-state index is 12.7. The Morgan fingerprint density at radius 1 is 1.21 bits per heavy atom. The van der Waals surface area contributed by atoms with E-state index in [-0.39, 0.29) is 17.5 Å². The van der Waals surface area contributed by atoms with Crippen LogP contribution in [-0.4, -0.2) is 66.8 Å². The molecule has 3 aliphatic rings. The fraction of sp³-hybridized carbons (Fsp3) is 0.450. The first kappa shape index (κ1) is 18.5. The van der Waals surface area contributed by atoms with E-state index < -0.39 is 9.84 Å². The molecule has 2 fully saturated rings. The van der Waals surface area contributed by atoms with Crippen LogP contribution in [0.4, 0.5) is 5.95 Å².